The Bertz CT molecular complexity index is 678. The molecule has 0 radical (unpaired) electrons. The largest absolute Gasteiger partial charge is 0.490 e. The van der Waals surface area contributed by atoms with E-state index in [1.54, 1.807) is 30.3 Å². The molecule has 0 spiro atoms. The Morgan fingerprint density at radius 3 is 2.70 bits per heavy atom. The van der Waals surface area contributed by atoms with Crippen LogP contribution in [0.25, 0.3) is 0 Å². The second-order valence-electron chi connectivity index (χ2n) is 5.86. The molecule has 1 aliphatic carbocycles. The first-order valence-electron chi connectivity index (χ1n) is 8.02. The number of hydrogen-bond acceptors (Lipinski definition) is 3. The number of amides is 1. The average molecular weight is 311 g/mol. The van der Waals surface area contributed by atoms with Crippen molar-refractivity contribution in [3.8, 4) is 5.75 Å². The van der Waals surface area contributed by atoms with Crippen molar-refractivity contribution in [2.75, 3.05) is 5.32 Å². The van der Waals surface area contributed by atoms with Gasteiger partial charge in [0.1, 0.15) is 5.75 Å². The van der Waals surface area contributed by atoms with Gasteiger partial charge in [0, 0.05) is 11.3 Å². The van der Waals surface area contributed by atoms with E-state index < -0.39 is 0 Å². The number of hydrogen-bond donors (Lipinski definition) is 2. The van der Waals surface area contributed by atoms with Crippen molar-refractivity contribution in [3.63, 3.8) is 0 Å². The van der Waals surface area contributed by atoms with E-state index in [0.29, 0.717) is 11.3 Å². The minimum atomic E-state index is -0.183. The van der Waals surface area contributed by atoms with Gasteiger partial charge < -0.3 is 15.2 Å². The molecule has 2 N–H and O–H groups in total. The van der Waals surface area contributed by atoms with Gasteiger partial charge in [0.05, 0.1) is 12.7 Å². The van der Waals surface area contributed by atoms with Gasteiger partial charge in [0.15, 0.2) is 0 Å². The molecule has 0 atom stereocenters. The third-order valence-electron chi connectivity index (χ3n) is 4.07. The fraction of sp³-hybridized carbons (Fsp3) is 0.316. The number of aliphatic hydroxyl groups excluding tert-OH is 1. The molecular formula is C19H21NO3. The molecule has 0 saturated heterocycles. The number of aliphatic hydroxyl groups is 1. The number of carbonyl (C=O) groups excluding carboxylic acids is 1. The molecule has 0 aromatic heterocycles. The molecule has 4 heteroatoms. The van der Waals surface area contributed by atoms with Crippen LogP contribution in [0.2, 0.25) is 0 Å². The van der Waals surface area contributed by atoms with E-state index >= 15 is 0 Å². The summed E-state index contributed by atoms with van der Waals surface area (Å²) in [6.07, 6.45) is 4.88. The van der Waals surface area contributed by atoms with Gasteiger partial charge in [-0.1, -0.05) is 18.2 Å². The lowest BCUT2D eigenvalue weighted by Gasteiger charge is -2.14. The van der Waals surface area contributed by atoms with Crippen LogP contribution in [0.1, 0.15) is 41.6 Å². The van der Waals surface area contributed by atoms with Crippen molar-refractivity contribution in [3.05, 3.63) is 59.7 Å². The van der Waals surface area contributed by atoms with Crippen molar-refractivity contribution in [1.29, 1.82) is 0 Å². The first-order valence-corrected chi connectivity index (χ1v) is 8.02. The normalized spacial score (nSPS) is 14.7. The van der Waals surface area contributed by atoms with E-state index in [1.165, 1.54) is 12.8 Å². The van der Waals surface area contributed by atoms with Gasteiger partial charge in [0.2, 0.25) is 0 Å². The molecule has 23 heavy (non-hydrogen) atoms. The predicted octanol–water partition coefficient (Wildman–Crippen LogP) is 3.75. The Hall–Kier alpha value is -2.33. The molecule has 1 aliphatic rings. The van der Waals surface area contributed by atoms with Crippen molar-refractivity contribution < 1.29 is 14.6 Å². The second kappa shape index (κ2) is 7.29. The van der Waals surface area contributed by atoms with Crippen LogP contribution in [-0.2, 0) is 6.61 Å². The monoisotopic (exact) mass is 311 g/mol. The lowest BCUT2D eigenvalue weighted by Crippen LogP contribution is -2.14. The molecule has 3 rings (SSSR count). The number of carbonyl (C=O) groups is 1. The highest BCUT2D eigenvalue weighted by Gasteiger charge is 2.17. The molecule has 4 nitrogen and oxygen atoms in total. The van der Waals surface area contributed by atoms with E-state index in [9.17, 15) is 4.79 Å². The van der Waals surface area contributed by atoms with Crippen LogP contribution in [0.3, 0.4) is 0 Å². The third-order valence-corrected chi connectivity index (χ3v) is 4.07. The SMILES string of the molecule is O=C(Nc1cccc(CO)c1)c1cccc(OC2CCCC2)c1. The van der Waals surface area contributed by atoms with Crippen LogP contribution < -0.4 is 10.1 Å². The summed E-state index contributed by atoms with van der Waals surface area (Å²) in [5, 5.41) is 12.0. The van der Waals surface area contributed by atoms with Gasteiger partial charge in [-0.25, -0.2) is 0 Å². The maximum Gasteiger partial charge on any atom is 0.255 e. The summed E-state index contributed by atoms with van der Waals surface area (Å²) in [7, 11) is 0. The van der Waals surface area contributed by atoms with E-state index in [2.05, 4.69) is 5.32 Å². The number of rotatable bonds is 5. The zero-order chi connectivity index (χ0) is 16.1. The topological polar surface area (TPSA) is 58.6 Å². The first-order chi connectivity index (χ1) is 11.2. The average Bonchev–Trinajstić information content (AvgIpc) is 3.08. The van der Waals surface area contributed by atoms with Gasteiger partial charge in [-0.2, -0.15) is 0 Å². The van der Waals surface area contributed by atoms with Crippen LogP contribution in [0.15, 0.2) is 48.5 Å². The molecule has 1 saturated carbocycles. The Morgan fingerprint density at radius 2 is 1.91 bits per heavy atom. The zero-order valence-corrected chi connectivity index (χ0v) is 13.0. The van der Waals surface area contributed by atoms with Crippen molar-refractivity contribution in [2.45, 2.75) is 38.4 Å². The summed E-state index contributed by atoms with van der Waals surface area (Å²) in [5.74, 6) is 0.561. The molecule has 0 unspecified atom stereocenters. The second-order valence-corrected chi connectivity index (χ2v) is 5.86. The molecule has 0 heterocycles. The maximum absolute atomic E-state index is 12.4. The number of nitrogens with one attached hydrogen (secondary N) is 1. The van der Waals surface area contributed by atoms with Crippen molar-refractivity contribution >= 4 is 11.6 Å². The fourth-order valence-corrected chi connectivity index (χ4v) is 2.86. The summed E-state index contributed by atoms with van der Waals surface area (Å²) in [6, 6.07) is 14.5. The Balaban J connectivity index is 1.68. The molecule has 0 aliphatic heterocycles. The van der Waals surface area contributed by atoms with Gasteiger partial charge in [-0.05, 0) is 61.6 Å². The fourth-order valence-electron chi connectivity index (χ4n) is 2.86. The lowest BCUT2D eigenvalue weighted by molar-refractivity contribution is 0.102. The third kappa shape index (κ3) is 4.11. The lowest BCUT2D eigenvalue weighted by atomic mass is 10.1. The Kier molecular flexibility index (Phi) is 4.93. The molecular weight excluding hydrogens is 290 g/mol. The van der Waals surface area contributed by atoms with Crippen LogP contribution >= 0.6 is 0 Å². The summed E-state index contributed by atoms with van der Waals surface area (Å²) in [5.41, 5.74) is 2.00. The predicted molar refractivity (Wildman–Crippen MR) is 89.6 cm³/mol. The summed E-state index contributed by atoms with van der Waals surface area (Å²) in [4.78, 5) is 12.4. The van der Waals surface area contributed by atoms with E-state index in [-0.39, 0.29) is 18.6 Å². The molecule has 120 valence electrons. The maximum atomic E-state index is 12.4. The Morgan fingerprint density at radius 1 is 1.13 bits per heavy atom. The van der Waals surface area contributed by atoms with Crippen LogP contribution in [-0.4, -0.2) is 17.1 Å². The smallest absolute Gasteiger partial charge is 0.255 e. The minimum absolute atomic E-state index is 0.0472. The minimum Gasteiger partial charge on any atom is -0.490 e. The van der Waals surface area contributed by atoms with Crippen molar-refractivity contribution in [2.24, 2.45) is 0 Å². The molecule has 2 aromatic carbocycles. The van der Waals surface area contributed by atoms with Crippen molar-refractivity contribution in [1.82, 2.24) is 0 Å². The van der Waals surface area contributed by atoms with Crippen LogP contribution in [0, 0.1) is 0 Å². The standard InChI is InChI=1S/C19H21NO3/c21-13-14-5-3-7-16(11-14)20-19(22)15-6-4-10-18(12-15)23-17-8-1-2-9-17/h3-7,10-12,17,21H,1-2,8-9,13H2,(H,20,22). The summed E-state index contributed by atoms with van der Waals surface area (Å²) in [6.45, 7) is -0.0472. The quantitative estimate of drug-likeness (QED) is 0.884. The summed E-state index contributed by atoms with van der Waals surface area (Å²) < 4.78 is 5.94. The van der Waals surface area contributed by atoms with E-state index in [4.69, 9.17) is 9.84 Å². The number of benzene rings is 2. The van der Waals surface area contributed by atoms with Gasteiger partial charge in [0.25, 0.3) is 5.91 Å². The highest BCUT2D eigenvalue weighted by molar-refractivity contribution is 6.04. The molecule has 1 fully saturated rings. The highest BCUT2D eigenvalue weighted by atomic mass is 16.5. The first kappa shape index (κ1) is 15.6. The highest BCUT2D eigenvalue weighted by Crippen LogP contribution is 2.25. The summed E-state index contributed by atoms with van der Waals surface area (Å²) >= 11 is 0. The van der Waals surface area contributed by atoms with Crippen LogP contribution in [0.4, 0.5) is 5.69 Å². The number of ether oxygens (including phenoxy) is 1. The molecule has 1 amide bonds. The van der Waals surface area contributed by atoms with Gasteiger partial charge >= 0.3 is 0 Å². The zero-order valence-electron chi connectivity index (χ0n) is 13.0. The van der Waals surface area contributed by atoms with Gasteiger partial charge in [-0.3, -0.25) is 4.79 Å². The number of anilines is 1. The molecule has 0 bridgehead atoms. The van der Waals surface area contributed by atoms with E-state index in [0.717, 1.165) is 24.2 Å². The van der Waals surface area contributed by atoms with Gasteiger partial charge in [-0.15, -0.1) is 0 Å². The molecule has 2 aromatic rings. The van der Waals surface area contributed by atoms with E-state index in [1.807, 2.05) is 18.2 Å². The Labute approximate surface area is 136 Å². The van der Waals surface area contributed by atoms with Crippen LogP contribution in [0.5, 0.6) is 5.75 Å².